The van der Waals surface area contributed by atoms with Crippen molar-refractivity contribution < 1.29 is 4.79 Å². The molecule has 13 heavy (non-hydrogen) atoms. The molecule has 0 bridgehead atoms. The lowest BCUT2D eigenvalue weighted by atomic mass is 9.99. The van der Waals surface area contributed by atoms with E-state index in [1.165, 1.54) is 0 Å². The molecular formula is C11H19NO. The van der Waals surface area contributed by atoms with Crippen molar-refractivity contribution in [3.8, 4) is 12.3 Å². The predicted octanol–water partition coefficient (Wildman–Crippen LogP) is 1.90. The van der Waals surface area contributed by atoms with Crippen LogP contribution >= 0.6 is 0 Å². The molecule has 74 valence electrons. The fourth-order valence-corrected chi connectivity index (χ4v) is 1.30. The summed E-state index contributed by atoms with van der Waals surface area (Å²) in [6.45, 7) is 7.88. The summed E-state index contributed by atoms with van der Waals surface area (Å²) in [6.07, 6.45) is 7.18. The summed E-state index contributed by atoms with van der Waals surface area (Å²) >= 11 is 0. The molecule has 1 saturated heterocycles. The molecule has 1 aliphatic rings. The van der Waals surface area contributed by atoms with Gasteiger partial charge >= 0.3 is 0 Å². The highest BCUT2D eigenvalue weighted by molar-refractivity contribution is 5.92. The highest BCUT2D eigenvalue weighted by Gasteiger charge is 2.18. The molecule has 0 radical (unpaired) electrons. The molecule has 0 saturated carbocycles. The number of rotatable bonds is 0. The molecule has 0 spiro atoms. The van der Waals surface area contributed by atoms with Crippen molar-refractivity contribution in [2.24, 2.45) is 5.92 Å². The highest BCUT2D eigenvalue weighted by Crippen LogP contribution is 2.15. The van der Waals surface area contributed by atoms with Crippen molar-refractivity contribution in [1.29, 1.82) is 0 Å². The lowest BCUT2D eigenvalue weighted by Gasteiger charge is -2.28. The van der Waals surface area contributed by atoms with Gasteiger partial charge in [-0.05, 0) is 24.7 Å². The summed E-state index contributed by atoms with van der Waals surface area (Å²) in [5, 5.41) is 0. The van der Waals surface area contributed by atoms with Crippen LogP contribution in [-0.4, -0.2) is 23.9 Å². The number of nitrogens with zero attached hydrogens (tertiary/aromatic N) is 1. The van der Waals surface area contributed by atoms with Crippen molar-refractivity contribution in [3.05, 3.63) is 0 Å². The molecule has 1 fully saturated rings. The largest absolute Gasteiger partial charge is 0.332 e. The molecule has 0 atom stereocenters. The Hall–Kier alpha value is -0.970. The molecule has 0 aliphatic carbocycles. The molecule has 0 aromatic carbocycles. The van der Waals surface area contributed by atoms with Gasteiger partial charge in [0.15, 0.2) is 0 Å². The molecule has 0 aromatic rings. The smallest absolute Gasteiger partial charge is 0.298 e. The summed E-state index contributed by atoms with van der Waals surface area (Å²) in [5.74, 6) is 2.73. The average molecular weight is 181 g/mol. The Morgan fingerprint density at radius 2 is 1.85 bits per heavy atom. The van der Waals surface area contributed by atoms with Gasteiger partial charge in [-0.15, -0.1) is 6.42 Å². The Morgan fingerprint density at radius 1 is 1.38 bits per heavy atom. The third-order valence-corrected chi connectivity index (χ3v) is 2.19. The van der Waals surface area contributed by atoms with E-state index in [1.54, 1.807) is 4.90 Å². The Kier molecular flexibility index (Phi) is 6.05. The molecule has 1 aliphatic heterocycles. The standard InChI is InChI=1S/C9H13NO.C2H6/c1-3-9(11)10-6-4-8(2)5-7-10;1-2/h1,8H,4-7H2,2H3;1-2H3. The SMILES string of the molecule is C#CC(=O)N1CCC(C)CC1.CC. The molecule has 2 heteroatoms. The van der Waals surface area contributed by atoms with Gasteiger partial charge in [0.2, 0.25) is 0 Å². The van der Waals surface area contributed by atoms with E-state index in [0.29, 0.717) is 0 Å². The van der Waals surface area contributed by atoms with Crippen LogP contribution in [0.3, 0.4) is 0 Å². The lowest BCUT2D eigenvalue weighted by Crippen LogP contribution is -2.36. The van der Waals surface area contributed by atoms with Crippen LogP contribution in [0, 0.1) is 18.3 Å². The fourth-order valence-electron chi connectivity index (χ4n) is 1.30. The number of carbonyl (C=O) groups excluding carboxylic acids is 1. The van der Waals surface area contributed by atoms with Crippen molar-refractivity contribution in [2.45, 2.75) is 33.6 Å². The van der Waals surface area contributed by atoms with E-state index < -0.39 is 0 Å². The summed E-state index contributed by atoms with van der Waals surface area (Å²) < 4.78 is 0. The van der Waals surface area contributed by atoms with E-state index in [1.807, 2.05) is 13.8 Å². The van der Waals surface area contributed by atoms with Gasteiger partial charge in [-0.2, -0.15) is 0 Å². The van der Waals surface area contributed by atoms with Crippen LogP contribution in [0.4, 0.5) is 0 Å². The molecular weight excluding hydrogens is 162 g/mol. The lowest BCUT2D eigenvalue weighted by molar-refractivity contribution is -0.126. The van der Waals surface area contributed by atoms with Gasteiger partial charge in [-0.3, -0.25) is 4.79 Å². The minimum absolute atomic E-state index is 0.156. The molecule has 2 nitrogen and oxygen atoms in total. The highest BCUT2D eigenvalue weighted by atomic mass is 16.2. The number of hydrogen-bond donors (Lipinski definition) is 0. The number of likely N-dealkylation sites (tertiary alicyclic amines) is 1. The number of hydrogen-bond acceptors (Lipinski definition) is 1. The van der Waals surface area contributed by atoms with Gasteiger partial charge in [0.1, 0.15) is 0 Å². The molecule has 1 amide bonds. The first-order chi connectivity index (χ1) is 6.24. The van der Waals surface area contributed by atoms with Crippen molar-refractivity contribution in [3.63, 3.8) is 0 Å². The zero-order chi connectivity index (χ0) is 10.3. The van der Waals surface area contributed by atoms with Crippen LogP contribution in [-0.2, 0) is 4.79 Å². The van der Waals surface area contributed by atoms with E-state index in [9.17, 15) is 4.79 Å². The van der Waals surface area contributed by atoms with Gasteiger partial charge in [0.25, 0.3) is 5.91 Å². The van der Waals surface area contributed by atoms with E-state index in [4.69, 9.17) is 6.42 Å². The van der Waals surface area contributed by atoms with Crippen LogP contribution < -0.4 is 0 Å². The second-order valence-electron chi connectivity index (χ2n) is 3.12. The van der Waals surface area contributed by atoms with E-state index in [-0.39, 0.29) is 5.91 Å². The third kappa shape index (κ3) is 3.98. The first-order valence-electron chi connectivity index (χ1n) is 4.99. The first kappa shape index (κ1) is 12.0. The Morgan fingerprint density at radius 3 is 2.23 bits per heavy atom. The Balaban J connectivity index is 0.000000671. The van der Waals surface area contributed by atoms with Crippen LogP contribution in [0.2, 0.25) is 0 Å². The first-order valence-corrected chi connectivity index (χ1v) is 4.99. The number of amides is 1. The third-order valence-electron chi connectivity index (χ3n) is 2.19. The van der Waals surface area contributed by atoms with E-state index in [0.717, 1.165) is 31.8 Å². The topological polar surface area (TPSA) is 20.3 Å². The van der Waals surface area contributed by atoms with Crippen molar-refractivity contribution in [1.82, 2.24) is 4.90 Å². The molecule has 1 heterocycles. The minimum atomic E-state index is -0.156. The van der Waals surface area contributed by atoms with Crippen LogP contribution in [0.1, 0.15) is 33.6 Å². The number of terminal acetylenes is 1. The van der Waals surface area contributed by atoms with Crippen molar-refractivity contribution in [2.75, 3.05) is 13.1 Å². The summed E-state index contributed by atoms with van der Waals surface area (Å²) in [6, 6.07) is 0. The Bertz CT molecular complexity index is 185. The van der Waals surface area contributed by atoms with Gasteiger partial charge in [-0.1, -0.05) is 20.8 Å². The maximum atomic E-state index is 11.0. The molecule has 1 rings (SSSR count). The van der Waals surface area contributed by atoms with E-state index in [2.05, 4.69) is 12.8 Å². The zero-order valence-electron chi connectivity index (χ0n) is 8.84. The maximum Gasteiger partial charge on any atom is 0.298 e. The Labute approximate surface area is 81.3 Å². The van der Waals surface area contributed by atoms with Gasteiger partial charge < -0.3 is 4.90 Å². The summed E-state index contributed by atoms with van der Waals surface area (Å²) in [5.41, 5.74) is 0. The van der Waals surface area contributed by atoms with Crippen LogP contribution in [0.5, 0.6) is 0 Å². The second kappa shape index (κ2) is 6.54. The van der Waals surface area contributed by atoms with Crippen LogP contribution in [0.25, 0.3) is 0 Å². The fraction of sp³-hybridized carbons (Fsp3) is 0.727. The van der Waals surface area contributed by atoms with Gasteiger partial charge in [0, 0.05) is 13.1 Å². The van der Waals surface area contributed by atoms with Crippen LogP contribution in [0.15, 0.2) is 0 Å². The number of piperidine rings is 1. The average Bonchev–Trinajstić information content (AvgIpc) is 2.21. The monoisotopic (exact) mass is 181 g/mol. The molecule has 0 unspecified atom stereocenters. The summed E-state index contributed by atoms with van der Waals surface area (Å²) in [7, 11) is 0. The number of carbonyl (C=O) groups is 1. The van der Waals surface area contributed by atoms with Crippen molar-refractivity contribution >= 4 is 5.91 Å². The zero-order valence-corrected chi connectivity index (χ0v) is 8.84. The quantitative estimate of drug-likeness (QED) is 0.523. The van der Waals surface area contributed by atoms with Gasteiger partial charge in [-0.25, -0.2) is 0 Å². The van der Waals surface area contributed by atoms with E-state index >= 15 is 0 Å². The minimum Gasteiger partial charge on any atom is -0.332 e. The molecule has 0 N–H and O–H groups in total. The van der Waals surface area contributed by atoms with Gasteiger partial charge in [0.05, 0.1) is 0 Å². The second-order valence-corrected chi connectivity index (χ2v) is 3.12. The maximum absolute atomic E-state index is 11.0. The molecule has 0 aromatic heterocycles. The predicted molar refractivity (Wildman–Crippen MR) is 55.2 cm³/mol. The normalized spacial score (nSPS) is 16.9. The summed E-state index contributed by atoms with van der Waals surface area (Å²) in [4.78, 5) is 12.7.